The summed E-state index contributed by atoms with van der Waals surface area (Å²) in [5.41, 5.74) is 3.24. The van der Waals surface area contributed by atoms with Gasteiger partial charge in [-0.15, -0.1) is 0 Å². The standard InChI is InChI=1S/C26H32N4O3S/c1-17(2)16-30-24(26(32)33-3)23(29-22(31)13-18-7-5-4-6-8-18)21-14-20(15-27-25(21)30)28-19-9-11-34-12-10-19/h4-8,14-15,17,19,28H,9-13,16H2,1-3H3,(H,29,31). The highest BCUT2D eigenvalue weighted by Gasteiger charge is 2.27. The van der Waals surface area contributed by atoms with Crippen LogP contribution in [0.1, 0.15) is 42.7 Å². The molecule has 1 fully saturated rings. The first-order valence-corrected chi connectivity index (χ1v) is 12.9. The van der Waals surface area contributed by atoms with E-state index in [2.05, 4.69) is 24.5 Å². The van der Waals surface area contributed by atoms with Crippen molar-refractivity contribution in [3.05, 3.63) is 53.9 Å². The molecule has 2 N–H and O–H groups in total. The zero-order valence-electron chi connectivity index (χ0n) is 20.0. The van der Waals surface area contributed by atoms with Crippen molar-refractivity contribution in [2.75, 3.05) is 29.2 Å². The van der Waals surface area contributed by atoms with Crippen molar-refractivity contribution in [3.8, 4) is 0 Å². The minimum Gasteiger partial charge on any atom is -0.464 e. The van der Waals surface area contributed by atoms with Gasteiger partial charge in [0.05, 0.1) is 31.1 Å². The predicted molar refractivity (Wildman–Crippen MR) is 139 cm³/mol. The van der Waals surface area contributed by atoms with E-state index in [-0.39, 0.29) is 18.2 Å². The Labute approximate surface area is 204 Å². The molecule has 0 spiro atoms. The van der Waals surface area contributed by atoms with E-state index in [1.807, 2.05) is 58.9 Å². The molecule has 1 aliphatic rings. The normalized spacial score (nSPS) is 14.4. The molecule has 1 saturated heterocycles. The molecule has 7 nitrogen and oxygen atoms in total. The van der Waals surface area contributed by atoms with Crippen molar-refractivity contribution in [2.45, 2.75) is 45.7 Å². The van der Waals surface area contributed by atoms with Gasteiger partial charge >= 0.3 is 5.97 Å². The maximum Gasteiger partial charge on any atom is 0.356 e. The van der Waals surface area contributed by atoms with E-state index in [4.69, 9.17) is 9.72 Å². The summed E-state index contributed by atoms with van der Waals surface area (Å²) in [6, 6.07) is 11.9. The number of hydrogen-bond donors (Lipinski definition) is 2. The van der Waals surface area contributed by atoms with Crippen LogP contribution in [0.2, 0.25) is 0 Å². The van der Waals surface area contributed by atoms with Crippen LogP contribution in [0.3, 0.4) is 0 Å². The Hall–Kier alpha value is -3.00. The van der Waals surface area contributed by atoms with E-state index >= 15 is 0 Å². The summed E-state index contributed by atoms with van der Waals surface area (Å²) in [6.45, 7) is 4.74. The third-order valence-electron chi connectivity index (χ3n) is 5.89. The Bertz CT molecular complexity index is 1150. The van der Waals surface area contributed by atoms with Crippen LogP contribution in [0.25, 0.3) is 11.0 Å². The average Bonchev–Trinajstić information content (AvgIpc) is 3.11. The summed E-state index contributed by atoms with van der Waals surface area (Å²) in [5.74, 6) is 1.87. The second-order valence-corrected chi connectivity index (χ2v) is 10.3. The highest BCUT2D eigenvalue weighted by Crippen LogP contribution is 2.34. The predicted octanol–water partition coefficient (Wildman–Crippen LogP) is 4.97. The van der Waals surface area contributed by atoms with Crippen LogP contribution < -0.4 is 10.6 Å². The molecule has 1 aromatic carbocycles. The van der Waals surface area contributed by atoms with Crippen molar-refractivity contribution in [1.82, 2.24) is 9.55 Å². The number of anilines is 2. The molecule has 180 valence electrons. The number of carbonyl (C=O) groups excluding carboxylic acids is 2. The molecule has 2 aromatic heterocycles. The maximum absolute atomic E-state index is 13.0. The zero-order valence-corrected chi connectivity index (χ0v) is 20.8. The number of aromatic nitrogens is 2. The van der Waals surface area contributed by atoms with E-state index in [0.29, 0.717) is 29.6 Å². The minimum atomic E-state index is -0.493. The number of methoxy groups -OCH3 is 1. The lowest BCUT2D eigenvalue weighted by molar-refractivity contribution is -0.115. The number of thioether (sulfide) groups is 1. The van der Waals surface area contributed by atoms with Crippen LogP contribution in [-0.2, 0) is 22.5 Å². The molecule has 0 saturated carbocycles. The first kappa shape index (κ1) is 24.1. The number of ether oxygens (including phenoxy) is 1. The number of nitrogens with one attached hydrogen (secondary N) is 2. The number of fused-ring (bicyclic) bond motifs is 1. The fourth-order valence-corrected chi connectivity index (χ4v) is 5.43. The van der Waals surface area contributed by atoms with Gasteiger partial charge in [-0.2, -0.15) is 11.8 Å². The molecular weight excluding hydrogens is 448 g/mol. The number of rotatable bonds is 8. The van der Waals surface area contributed by atoms with Crippen LogP contribution in [0.5, 0.6) is 0 Å². The van der Waals surface area contributed by atoms with Crippen LogP contribution >= 0.6 is 11.8 Å². The highest BCUT2D eigenvalue weighted by molar-refractivity contribution is 7.99. The van der Waals surface area contributed by atoms with E-state index in [9.17, 15) is 9.59 Å². The topological polar surface area (TPSA) is 85.2 Å². The number of carbonyl (C=O) groups is 2. The quantitative estimate of drug-likeness (QED) is 0.443. The van der Waals surface area contributed by atoms with Gasteiger partial charge in [0.1, 0.15) is 5.65 Å². The van der Waals surface area contributed by atoms with E-state index in [0.717, 1.165) is 41.0 Å². The van der Waals surface area contributed by atoms with Gasteiger partial charge in [-0.3, -0.25) is 4.79 Å². The SMILES string of the molecule is COC(=O)c1c(NC(=O)Cc2ccccc2)c2cc(NC3CCSCC3)cnc2n1CC(C)C. The van der Waals surface area contributed by atoms with Crippen molar-refractivity contribution in [2.24, 2.45) is 5.92 Å². The molecule has 0 atom stereocenters. The van der Waals surface area contributed by atoms with Crippen LogP contribution in [-0.4, -0.2) is 46.1 Å². The van der Waals surface area contributed by atoms with Gasteiger partial charge in [0.25, 0.3) is 0 Å². The lowest BCUT2D eigenvalue weighted by Gasteiger charge is -2.23. The molecule has 0 unspecified atom stereocenters. The number of hydrogen-bond acceptors (Lipinski definition) is 6. The number of pyridine rings is 1. The summed E-state index contributed by atoms with van der Waals surface area (Å²) in [4.78, 5) is 30.6. The maximum atomic E-state index is 13.0. The molecule has 3 aromatic rings. The summed E-state index contributed by atoms with van der Waals surface area (Å²) in [6.07, 6.45) is 4.23. The first-order valence-electron chi connectivity index (χ1n) is 11.7. The molecule has 34 heavy (non-hydrogen) atoms. The summed E-state index contributed by atoms with van der Waals surface area (Å²) < 4.78 is 6.99. The molecule has 0 radical (unpaired) electrons. The smallest absolute Gasteiger partial charge is 0.356 e. The Morgan fingerprint density at radius 2 is 1.94 bits per heavy atom. The number of amides is 1. The van der Waals surface area contributed by atoms with E-state index in [1.54, 1.807) is 0 Å². The molecule has 1 aliphatic heterocycles. The number of nitrogens with zero attached hydrogens (tertiary/aromatic N) is 2. The van der Waals surface area contributed by atoms with Gasteiger partial charge in [-0.25, -0.2) is 9.78 Å². The third-order valence-corrected chi connectivity index (χ3v) is 6.94. The lowest BCUT2D eigenvalue weighted by atomic mass is 10.1. The second-order valence-electron chi connectivity index (χ2n) is 9.06. The summed E-state index contributed by atoms with van der Waals surface area (Å²) >= 11 is 1.98. The summed E-state index contributed by atoms with van der Waals surface area (Å²) in [7, 11) is 1.36. The number of esters is 1. The third kappa shape index (κ3) is 5.55. The van der Waals surface area contributed by atoms with E-state index in [1.165, 1.54) is 7.11 Å². The van der Waals surface area contributed by atoms with Crippen LogP contribution in [0.15, 0.2) is 42.6 Å². The minimum absolute atomic E-state index is 0.192. The number of benzene rings is 1. The molecule has 3 heterocycles. The highest BCUT2D eigenvalue weighted by atomic mass is 32.2. The first-order chi connectivity index (χ1) is 16.5. The van der Waals surface area contributed by atoms with E-state index < -0.39 is 5.97 Å². The van der Waals surface area contributed by atoms with Gasteiger partial charge in [-0.1, -0.05) is 44.2 Å². The van der Waals surface area contributed by atoms with Gasteiger partial charge in [0, 0.05) is 18.0 Å². The fraction of sp³-hybridized carbons (Fsp3) is 0.423. The monoisotopic (exact) mass is 480 g/mol. The average molecular weight is 481 g/mol. The van der Waals surface area contributed by atoms with Crippen molar-refractivity contribution >= 4 is 46.0 Å². The molecule has 8 heteroatoms. The fourth-order valence-electron chi connectivity index (χ4n) is 4.32. The van der Waals surface area contributed by atoms with Gasteiger partial charge in [0.15, 0.2) is 5.69 Å². The molecule has 4 rings (SSSR count). The van der Waals surface area contributed by atoms with Gasteiger partial charge in [-0.05, 0) is 41.9 Å². The largest absolute Gasteiger partial charge is 0.464 e. The van der Waals surface area contributed by atoms with Crippen molar-refractivity contribution in [3.63, 3.8) is 0 Å². The molecule has 1 amide bonds. The Balaban J connectivity index is 1.75. The molecule has 0 bridgehead atoms. The lowest BCUT2D eigenvalue weighted by Crippen LogP contribution is -2.24. The Morgan fingerprint density at radius 1 is 1.21 bits per heavy atom. The van der Waals surface area contributed by atoms with Crippen molar-refractivity contribution in [1.29, 1.82) is 0 Å². The second kappa shape index (κ2) is 11.0. The van der Waals surface area contributed by atoms with Crippen LogP contribution in [0, 0.1) is 5.92 Å². The van der Waals surface area contributed by atoms with Crippen molar-refractivity contribution < 1.29 is 14.3 Å². The molecule has 0 aliphatic carbocycles. The molecular formula is C26H32N4O3S. The zero-order chi connectivity index (χ0) is 24.1. The Morgan fingerprint density at radius 3 is 2.62 bits per heavy atom. The Kier molecular flexibility index (Phi) is 7.77. The van der Waals surface area contributed by atoms with Gasteiger partial charge in [0.2, 0.25) is 5.91 Å². The summed E-state index contributed by atoms with van der Waals surface area (Å²) in [5, 5.41) is 7.34. The van der Waals surface area contributed by atoms with Gasteiger partial charge < -0.3 is 19.9 Å². The van der Waals surface area contributed by atoms with Crippen LogP contribution in [0.4, 0.5) is 11.4 Å².